The summed E-state index contributed by atoms with van der Waals surface area (Å²) in [5.74, 6) is 0.585. The molecule has 1 fully saturated rings. The van der Waals surface area contributed by atoms with Crippen LogP contribution in [-0.4, -0.2) is 46.3 Å². The second kappa shape index (κ2) is 9.15. The number of hydrogen-bond acceptors (Lipinski definition) is 5. The maximum atomic E-state index is 12.7. The predicted molar refractivity (Wildman–Crippen MR) is 117 cm³/mol. The Labute approximate surface area is 182 Å². The first-order valence-electron chi connectivity index (χ1n) is 10.6. The average Bonchev–Trinajstić information content (AvgIpc) is 3.23. The number of aryl methyl sites for hydroxylation is 1. The predicted octanol–water partition coefficient (Wildman–Crippen LogP) is 2.71. The van der Waals surface area contributed by atoms with Crippen LogP contribution in [0.3, 0.4) is 0 Å². The molecule has 1 amide bonds. The first-order valence-corrected chi connectivity index (χ1v) is 12.1. The molecule has 1 aliphatic heterocycles. The maximum absolute atomic E-state index is 12.7. The Morgan fingerprint density at radius 1 is 1.06 bits per heavy atom. The molecular weight excluding hydrogens is 414 g/mol. The first kappa shape index (κ1) is 21.5. The summed E-state index contributed by atoms with van der Waals surface area (Å²) in [6.45, 7) is 3.05. The minimum atomic E-state index is -3.43. The van der Waals surface area contributed by atoms with Gasteiger partial charge in [0.25, 0.3) is 0 Å². The lowest BCUT2D eigenvalue weighted by Crippen LogP contribution is -2.35. The highest BCUT2D eigenvalue weighted by molar-refractivity contribution is 7.89. The van der Waals surface area contributed by atoms with Crippen molar-refractivity contribution in [1.29, 1.82) is 0 Å². The van der Waals surface area contributed by atoms with E-state index in [0.29, 0.717) is 36.7 Å². The molecule has 164 valence electrons. The smallest absolute Gasteiger partial charge is 0.243 e. The summed E-state index contributed by atoms with van der Waals surface area (Å²) in [6.07, 6.45) is 5.61. The Kier molecular flexibility index (Phi) is 6.33. The van der Waals surface area contributed by atoms with Crippen LogP contribution in [0.5, 0.6) is 0 Å². The number of fused-ring (bicyclic) bond motifs is 1. The van der Waals surface area contributed by atoms with E-state index in [0.717, 1.165) is 30.5 Å². The number of nitrogens with one attached hydrogen (secondary N) is 1. The summed E-state index contributed by atoms with van der Waals surface area (Å²) in [5.41, 5.74) is 1.66. The van der Waals surface area contributed by atoms with E-state index in [2.05, 4.69) is 15.5 Å². The monoisotopic (exact) mass is 441 g/mol. The van der Waals surface area contributed by atoms with Gasteiger partial charge in [-0.15, -0.1) is 10.2 Å². The van der Waals surface area contributed by atoms with Crippen molar-refractivity contribution in [3.8, 4) is 0 Å². The Morgan fingerprint density at radius 2 is 1.81 bits per heavy atom. The number of amides is 1. The Bertz CT molecular complexity index is 1150. The lowest BCUT2D eigenvalue weighted by atomic mass is 10.1. The number of hydrogen-bond donors (Lipinski definition) is 1. The molecule has 0 unspecified atom stereocenters. The summed E-state index contributed by atoms with van der Waals surface area (Å²) in [5, 5.41) is 11.2. The highest BCUT2D eigenvalue weighted by Gasteiger charge is 2.25. The third kappa shape index (κ3) is 4.77. The van der Waals surface area contributed by atoms with Gasteiger partial charge in [0.1, 0.15) is 0 Å². The van der Waals surface area contributed by atoms with Crippen LogP contribution >= 0.6 is 0 Å². The van der Waals surface area contributed by atoms with Crippen molar-refractivity contribution in [1.82, 2.24) is 24.2 Å². The molecule has 0 aliphatic carbocycles. The third-order valence-electron chi connectivity index (χ3n) is 5.62. The summed E-state index contributed by atoms with van der Waals surface area (Å²) in [4.78, 5) is 12.7. The molecule has 3 aromatic rings. The van der Waals surface area contributed by atoms with E-state index in [1.807, 2.05) is 35.7 Å². The van der Waals surface area contributed by atoms with Crippen LogP contribution in [0.25, 0.3) is 5.65 Å². The van der Waals surface area contributed by atoms with Gasteiger partial charge in [-0.1, -0.05) is 24.6 Å². The van der Waals surface area contributed by atoms with Gasteiger partial charge in [-0.25, -0.2) is 8.42 Å². The minimum Gasteiger partial charge on any atom is -0.346 e. The van der Waals surface area contributed by atoms with Crippen molar-refractivity contribution >= 4 is 21.6 Å². The van der Waals surface area contributed by atoms with Gasteiger partial charge in [0.15, 0.2) is 11.5 Å². The van der Waals surface area contributed by atoms with Crippen LogP contribution in [0.2, 0.25) is 0 Å². The molecule has 4 rings (SSSR count). The number of sulfonamides is 1. The minimum absolute atomic E-state index is 0.0924. The number of aromatic nitrogens is 3. The normalized spacial score (nSPS) is 16.3. The van der Waals surface area contributed by atoms with Crippen LogP contribution in [0.4, 0.5) is 0 Å². The summed E-state index contributed by atoms with van der Waals surface area (Å²) in [7, 11) is -3.43. The fraction of sp³-hybridized carbons (Fsp3) is 0.409. The highest BCUT2D eigenvalue weighted by atomic mass is 32.2. The van der Waals surface area contributed by atoms with Gasteiger partial charge < -0.3 is 5.32 Å². The van der Waals surface area contributed by atoms with Crippen LogP contribution < -0.4 is 5.32 Å². The van der Waals surface area contributed by atoms with Crippen molar-refractivity contribution in [3.63, 3.8) is 0 Å². The zero-order chi connectivity index (χ0) is 21.8. The molecule has 1 saturated heterocycles. The van der Waals surface area contributed by atoms with Crippen LogP contribution in [-0.2, 0) is 21.2 Å². The number of pyridine rings is 1. The Hall–Kier alpha value is -2.78. The molecule has 3 heterocycles. The van der Waals surface area contributed by atoms with Gasteiger partial charge in [-0.05, 0) is 56.0 Å². The zero-order valence-corrected chi connectivity index (χ0v) is 18.4. The van der Waals surface area contributed by atoms with Gasteiger partial charge in [0.2, 0.25) is 15.9 Å². The quantitative estimate of drug-likeness (QED) is 0.608. The molecule has 0 radical (unpaired) electrons. The van der Waals surface area contributed by atoms with E-state index in [9.17, 15) is 13.2 Å². The molecule has 1 aliphatic rings. The van der Waals surface area contributed by atoms with Crippen LogP contribution in [0.15, 0.2) is 53.6 Å². The van der Waals surface area contributed by atoms with Gasteiger partial charge in [-0.3, -0.25) is 9.20 Å². The van der Waals surface area contributed by atoms with E-state index in [4.69, 9.17) is 0 Å². The molecule has 1 atom stereocenters. The van der Waals surface area contributed by atoms with E-state index < -0.39 is 10.0 Å². The summed E-state index contributed by atoms with van der Waals surface area (Å²) in [6, 6.07) is 12.2. The van der Waals surface area contributed by atoms with E-state index in [-0.39, 0.29) is 11.9 Å². The summed E-state index contributed by atoms with van der Waals surface area (Å²) < 4.78 is 28.9. The number of nitrogens with zero attached hydrogens (tertiary/aromatic N) is 4. The fourth-order valence-corrected chi connectivity index (χ4v) is 5.39. The highest BCUT2D eigenvalue weighted by Crippen LogP contribution is 2.21. The molecule has 1 N–H and O–H groups in total. The molecule has 9 heteroatoms. The molecule has 8 nitrogen and oxygen atoms in total. The molecule has 2 aromatic heterocycles. The number of carbonyl (C=O) groups is 1. The average molecular weight is 442 g/mol. The standard InChI is InChI=1S/C22H27N5O3S/c1-17(22-25-24-20-7-3-6-16-27(20)22)23-21(28)13-10-18-8-11-19(12-9-18)31(29,30)26-14-4-2-5-15-26/h3,6-9,11-12,16-17H,2,4-5,10,13-15H2,1H3,(H,23,28)/t17-/m0/s1. The van der Waals surface area contributed by atoms with Gasteiger partial charge >= 0.3 is 0 Å². The number of benzene rings is 1. The molecule has 31 heavy (non-hydrogen) atoms. The van der Waals surface area contributed by atoms with Crippen molar-refractivity contribution < 1.29 is 13.2 Å². The molecule has 0 spiro atoms. The van der Waals surface area contributed by atoms with Crippen molar-refractivity contribution in [3.05, 3.63) is 60.0 Å². The van der Waals surface area contributed by atoms with Gasteiger partial charge in [-0.2, -0.15) is 4.31 Å². The molecular formula is C22H27N5O3S. The van der Waals surface area contributed by atoms with E-state index in [1.54, 1.807) is 28.6 Å². The number of rotatable bonds is 7. The zero-order valence-electron chi connectivity index (χ0n) is 17.6. The van der Waals surface area contributed by atoms with Crippen molar-refractivity contribution in [2.75, 3.05) is 13.1 Å². The van der Waals surface area contributed by atoms with E-state index >= 15 is 0 Å². The number of piperidine rings is 1. The Morgan fingerprint density at radius 3 is 2.55 bits per heavy atom. The lowest BCUT2D eigenvalue weighted by molar-refractivity contribution is -0.121. The topological polar surface area (TPSA) is 96.7 Å². The molecule has 1 aromatic carbocycles. The van der Waals surface area contributed by atoms with Crippen LogP contribution in [0, 0.1) is 0 Å². The fourth-order valence-electron chi connectivity index (χ4n) is 3.87. The Balaban J connectivity index is 1.33. The lowest BCUT2D eigenvalue weighted by Gasteiger charge is -2.25. The third-order valence-corrected chi connectivity index (χ3v) is 7.53. The second-order valence-corrected chi connectivity index (χ2v) is 9.82. The first-order chi connectivity index (χ1) is 14.9. The molecule has 0 bridgehead atoms. The van der Waals surface area contributed by atoms with Gasteiger partial charge in [0.05, 0.1) is 10.9 Å². The molecule has 0 saturated carbocycles. The van der Waals surface area contributed by atoms with Crippen molar-refractivity contribution in [2.24, 2.45) is 0 Å². The van der Waals surface area contributed by atoms with E-state index in [1.165, 1.54) is 0 Å². The number of carbonyl (C=O) groups excluding carboxylic acids is 1. The SMILES string of the molecule is C[C@H](NC(=O)CCc1ccc(S(=O)(=O)N2CCCCC2)cc1)c1nnc2ccccn12. The maximum Gasteiger partial charge on any atom is 0.243 e. The van der Waals surface area contributed by atoms with Crippen molar-refractivity contribution in [2.45, 2.75) is 50.0 Å². The summed E-state index contributed by atoms with van der Waals surface area (Å²) >= 11 is 0. The largest absolute Gasteiger partial charge is 0.346 e. The van der Waals surface area contributed by atoms with Gasteiger partial charge in [0, 0.05) is 25.7 Å². The second-order valence-electron chi connectivity index (χ2n) is 7.88. The van der Waals surface area contributed by atoms with Crippen LogP contribution in [0.1, 0.15) is 50.0 Å².